The van der Waals surface area contributed by atoms with Crippen molar-refractivity contribution in [2.45, 2.75) is 36.1 Å². The van der Waals surface area contributed by atoms with Gasteiger partial charge >= 0.3 is 0 Å². The monoisotopic (exact) mass is 291 g/mol. The van der Waals surface area contributed by atoms with Crippen LogP contribution in [0.5, 0.6) is 0 Å². The third-order valence-corrected chi connectivity index (χ3v) is 5.62. The Balaban J connectivity index is 2.34. The molecule has 100 valence electrons. The van der Waals surface area contributed by atoms with Crippen LogP contribution in [-0.4, -0.2) is 25.8 Å². The quantitative estimate of drug-likeness (QED) is 0.800. The van der Waals surface area contributed by atoms with E-state index < -0.39 is 15.8 Å². The van der Waals surface area contributed by atoms with Gasteiger partial charge in [0, 0.05) is 18.7 Å². The molecule has 1 aliphatic rings. The minimum Gasteiger partial charge on any atom is -0.207 e. The van der Waals surface area contributed by atoms with Crippen LogP contribution >= 0.6 is 11.6 Å². The van der Waals surface area contributed by atoms with Gasteiger partial charge in [0.05, 0.1) is 10.8 Å². The van der Waals surface area contributed by atoms with Gasteiger partial charge < -0.3 is 0 Å². The predicted molar refractivity (Wildman–Crippen MR) is 68.5 cm³/mol. The molecule has 1 aliphatic carbocycles. The summed E-state index contributed by atoms with van der Waals surface area (Å²) < 4.78 is 39.3. The Labute approximate surface area is 112 Å². The smallest absolute Gasteiger partial charge is 0.207 e. The Morgan fingerprint density at radius 3 is 2.61 bits per heavy atom. The fraction of sp³-hybridized carbons (Fsp3) is 0.500. The zero-order valence-corrected chi connectivity index (χ0v) is 11.6. The van der Waals surface area contributed by atoms with Crippen LogP contribution in [0.25, 0.3) is 0 Å². The molecule has 0 aliphatic heterocycles. The van der Waals surface area contributed by atoms with Gasteiger partial charge in [0.25, 0.3) is 0 Å². The summed E-state index contributed by atoms with van der Waals surface area (Å²) in [6.45, 7) is 0. The van der Waals surface area contributed by atoms with Gasteiger partial charge in [-0.05, 0) is 31.0 Å². The maximum Gasteiger partial charge on any atom is 0.243 e. The fourth-order valence-electron chi connectivity index (χ4n) is 1.93. The topological polar surface area (TPSA) is 37.4 Å². The van der Waals surface area contributed by atoms with Crippen LogP contribution in [0.15, 0.2) is 23.1 Å². The van der Waals surface area contributed by atoms with Crippen molar-refractivity contribution in [1.29, 1.82) is 0 Å². The first-order chi connectivity index (χ1) is 8.46. The van der Waals surface area contributed by atoms with Crippen molar-refractivity contribution in [2.75, 3.05) is 7.05 Å². The average Bonchev–Trinajstić information content (AvgIpc) is 2.27. The maximum atomic E-state index is 13.3. The molecular formula is C12H15ClFNO2S. The minimum atomic E-state index is -3.54. The molecule has 18 heavy (non-hydrogen) atoms. The van der Waals surface area contributed by atoms with E-state index in [-0.39, 0.29) is 22.4 Å². The first-order valence-corrected chi connectivity index (χ1v) is 7.76. The molecule has 3 nitrogen and oxygen atoms in total. The first kappa shape index (κ1) is 13.8. The van der Waals surface area contributed by atoms with E-state index in [1.807, 2.05) is 0 Å². The molecule has 0 atom stereocenters. The highest BCUT2D eigenvalue weighted by molar-refractivity contribution is 7.89. The second-order valence-corrected chi connectivity index (χ2v) is 6.76. The van der Waals surface area contributed by atoms with Crippen molar-refractivity contribution in [3.63, 3.8) is 0 Å². The van der Waals surface area contributed by atoms with Gasteiger partial charge in [0.2, 0.25) is 10.0 Å². The molecule has 0 bridgehead atoms. The summed E-state index contributed by atoms with van der Waals surface area (Å²) in [6, 6.07) is 3.82. The Kier molecular flexibility index (Phi) is 3.94. The number of benzene rings is 1. The molecule has 0 radical (unpaired) electrons. The van der Waals surface area contributed by atoms with Gasteiger partial charge in [0.15, 0.2) is 0 Å². The van der Waals surface area contributed by atoms with E-state index in [9.17, 15) is 12.8 Å². The second-order valence-electron chi connectivity index (χ2n) is 4.49. The van der Waals surface area contributed by atoms with Crippen LogP contribution in [0, 0.1) is 5.82 Å². The molecule has 1 aromatic rings. The van der Waals surface area contributed by atoms with Crippen molar-refractivity contribution < 1.29 is 12.8 Å². The van der Waals surface area contributed by atoms with Crippen LogP contribution in [0.2, 0.25) is 0 Å². The number of hydrogen-bond acceptors (Lipinski definition) is 2. The molecule has 1 saturated carbocycles. The Morgan fingerprint density at radius 2 is 2.11 bits per heavy atom. The van der Waals surface area contributed by atoms with E-state index in [1.54, 1.807) is 7.05 Å². The van der Waals surface area contributed by atoms with Crippen molar-refractivity contribution in [3.8, 4) is 0 Å². The number of sulfonamides is 1. The van der Waals surface area contributed by atoms with Gasteiger partial charge in [-0.2, -0.15) is 4.31 Å². The lowest BCUT2D eigenvalue weighted by Crippen LogP contribution is -2.41. The first-order valence-electron chi connectivity index (χ1n) is 5.79. The number of rotatable bonds is 4. The van der Waals surface area contributed by atoms with Gasteiger partial charge in [-0.15, -0.1) is 11.6 Å². The summed E-state index contributed by atoms with van der Waals surface area (Å²) in [5.74, 6) is -0.516. The molecule has 0 amide bonds. The highest BCUT2D eigenvalue weighted by Gasteiger charge is 2.31. The number of alkyl halides is 1. The van der Waals surface area contributed by atoms with Crippen LogP contribution in [0.3, 0.4) is 0 Å². The normalized spacial score (nSPS) is 16.9. The summed E-state index contributed by atoms with van der Waals surface area (Å²) >= 11 is 5.59. The highest BCUT2D eigenvalue weighted by Crippen LogP contribution is 2.29. The molecule has 0 heterocycles. The molecular weight excluding hydrogens is 277 g/mol. The van der Waals surface area contributed by atoms with E-state index in [1.165, 1.54) is 16.4 Å². The lowest BCUT2D eigenvalue weighted by atomic mass is 9.94. The maximum absolute atomic E-state index is 13.3. The number of hydrogen-bond donors (Lipinski definition) is 0. The number of halogens is 2. The largest absolute Gasteiger partial charge is 0.243 e. The van der Waals surface area contributed by atoms with E-state index >= 15 is 0 Å². The van der Waals surface area contributed by atoms with Crippen molar-refractivity contribution in [1.82, 2.24) is 4.31 Å². The van der Waals surface area contributed by atoms with E-state index in [2.05, 4.69) is 0 Å². The highest BCUT2D eigenvalue weighted by atomic mass is 35.5. The Morgan fingerprint density at radius 1 is 1.44 bits per heavy atom. The van der Waals surface area contributed by atoms with Crippen LogP contribution < -0.4 is 0 Å². The van der Waals surface area contributed by atoms with Crippen molar-refractivity contribution >= 4 is 21.6 Å². The molecule has 0 spiro atoms. The predicted octanol–water partition coefficient (Wildman–Crippen LogP) is 2.74. The molecule has 1 aromatic carbocycles. The molecule has 2 rings (SSSR count). The van der Waals surface area contributed by atoms with Gasteiger partial charge in [0.1, 0.15) is 5.82 Å². The third-order valence-electron chi connectivity index (χ3n) is 3.43. The van der Waals surface area contributed by atoms with E-state index in [0.717, 1.165) is 25.3 Å². The summed E-state index contributed by atoms with van der Waals surface area (Å²) in [7, 11) is -1.97. The summed E-state index contributed by atoms with van der Waals surface area (Å²) in [5, 5.41) is 0. The van der Waals surface area contributed by atoms with Crippen molar-refractivity contribution in [3.05, 3.63) is 29.6 Å². The molecule has 0 unspecified atom stereocenters. The van der Waals surface area contributed by atoms with E-state index in [0.29, 0.717) is 0 Å². The zero-order chi connectivity index (χ0) is 13.3. The fourth-order valence-corrected chi connectivity index (χ4v) is 3.60. The average molecular weight is 292 g/mol. The minimum absolute atomic E-state index is 0.0393. The third kappa shape index (κ3) is 2.39. The zero-order valence-electron chi connectivity index (χ0n) is 10.1. The van der Waals surface area contributed by atoms with E-state index in [4.69, 9.17) is 11.6 Å². The summed E-state index contributed by atoms with van der Waals surface area (Å²) in [6.07, 6.45) is 2.83. The van der Waals surface area contributed by atoms with Gasteiger partial charge in [-0.1, -0.05) is 6.42 Å². The molecule has 6 heteroatoms. The van der Waals surface area contributed by atoms with Crippen LogP contribution in [0.4, 0.5) is 4.39 Å². The van der Waals surface area contributed by atoms with Crippen LogP contribution in [-0.2, 0) is 15.9 Å². The van der Waals surface area contributed by atoms with Gasteiger partial charge in [-0.25, -0.2) is 12.8 Å². The standard InChI is InChI=1S/C12H15ClFNO2S/c1-15(10-3-2-4-10)18(16,17)11-5-6-12(14)9(7-11)8-13/h5-7,10H,2-4,8H2,1H3. The molecule has 0 saturated heterocycles. The number of nitrogens with zero attached hydrogens (tertiary/aromatic N) is 1. The van der Waals surface area contributed by atoms with Gasteiger partial charge in [-0.3, -0.25) is 0 Å². The molecule has 1 fully saturated rings. The van der Waals surface area contributed by atoms with Crippen molar-refractivity contribution in [2.24, 2.45) is 0 Å². The SMILES string of the molecule is CN(C1CCC1)S(=O)(=O)c1ccc(F)c(CCl)c1. The summed E-state index contributed by atoms with van der Waals surface area (Å²) in [5.41, 5.74) is 0.208. The lowest BCUT2D eigenvalue weighted by molar-refractivity contribution is 0.249. The lowest BCUT2D eigenvalue weighted by Gasteiger charge is -2.33. The molecule has 0 N–H and O–H groups in total. The summed E-state index contributed by atoms with van der Waals surface area (Å²) in [4.78, 5) is 0.106. The Bertz CT molecular complexity index is 543. The Hall–Kier alpha value is -0.650. The second kappa shape index (κ2) is 5.15. The van der Waals surface area contributed by atoms with Crippen LogP contribution in [0.1, 0.15) is 24.8 Å². The molecule has 0 aromatic heterocycles.